The Morgan fingerprint density at radius 1 is 0.507 bits per heavy atom. The van der Waals surface area contributed by atoms with Gasteiger partial charge in [-0.2, -0.15) is 0 Å². The number of ether oxygens (including phenoxy) is 4. The number of aliphatic carboxylic acids is 2. The van der Waals surface area contributed by atoms with Gasteiger partial charge < -0.3 is 91.9 Å². The number of esters is 4. The van der Waals surface area contributed by atoms with Crippen molar-refractivity contribution in [3.05, 3.63) is 58.0 Å². The topological polar surface area (TPSA) is 625 Å². The average molecular weight is 1940 g/mol. The van der Waals surface area contributed by atoms with Gasteiger partial charge in [0.1, 0.15) is 52.2 Å². The van der Waals surface area contributed by atoms with Crippen molar-refractivity contribution in [1.29, 1.82) is 0 Å². The summed E-state index contributed by atoms with van der Waals surface area (Å²) in [4.78, 5) is 112. The first-order valence-corrected chi connectivity index (χ1v) is 48.0. The number of carbonyl (C=O) groups excluding carboxylic acids is 7. The molecule has 9 fully saturated rings. The van der Waals surface area contributed by atoms with Crippen LogP contribution in [0.15, 0.2) is 29.9 Å². The number of carbonyl (C=O) groups is 9. The monoisotopic (exact) mass is 1940 g/mol. The van der Waals surface area contributed by atoms with Crippen LogP contribution in [0.2, 0.25) is 0 Å². The number of terminal acetylenes is 1. The van der Waals surface area contributed by atoms with Crippen LogP contribution in [0.25, 0.3) is 10.4 Å². The van der Waals surface area contributed by atoms with E-state index in [0.29, 0.717) is 92.1 Å². The number of rotatable bonds is 25. The number of hydrogen-bond donors (Lipinski definition) is 11. The number of aliphatic hydroxyl groups is 6. The van der Waals surface area contributed by atoms with Crippen LogP contribution in [-0.2, 0) is 84.5 Å². The number of methoxy groups -OCH3 is 4. The summed E-state index contributed by atoms with van der Waals surface area (Å²) in [6.07, 6.45) is 41.3. The molecule has 43 heteroatoms. The van der Waals surface area contributed by atoms with Gasteiger partial charge in [0, 0.05) is 55.3 Å². The SMILES string of the molecule is C.C#CC(C)(C)O.COC(=O)[C@@H]1C[C@H](n2nncc2C(C)(C)O)CN1.COC(=O)[C@@H]1C[C@H](n2nncc2C(C)(C)O)CN1C(=O)[C@H](C)CC1CCCCC1.COC(=O)[C@H]1CC[C@@H](N=[N+]=[N-])C1.COC(=O)[C@H]1CC[C@@H](n2nncc2C(C)(C)O)C1.C[C@H](CC1CCCCC1)C(=O)N1C[C@@H](n2nncc2C(C)(C)O)C[C@H]1C(=O)O.C[C@H](CC1CCCCC1)C(=O)O.NC(=O)C(O)C1(N)CCCCC1.[Li+].[OH-]. The summed E-state index contributed by atoms with van der Waals surface area (Å²) in [6.45, 7) is 23.5. The number of carboxylic acids is 2. The zero-order chi connectivity index (χ0) is 101. The minimum Gasteiger partial charge on any atom is -0.870 e. The zero-order valence-corrected chi connectivity index (χ0v) is 84.0. The molecule has 0 spiro atoms. The number of carboxylic acid groups (broad SMARTS) is 2. The van der Waals surface area contributed by atoms with Gasteiger partial charge in [-0.05, 0) is 170 Å². The van der Waals surface area contributed by atoms with Crippen molar-refractivity contribution in [2.24, 2.45) is 63.9 Å². The third kappa shape index (κ3) is 37.4. The maximum Gasteiger partial charge on any atom is 1.00 e. The molecule has 1 unspecified atom stereocenters. The van der Waals surface area contributed by atoms with E-state index in [1.165, 1.54) is 129 Å². The van der Waals surface area contributed by atoms with Gasteiger partial charge in [-0.25, -0.2) is 28.3 Å². The summed E-state index contributed by atoms with van der Waals surface area (Å²) in [5, 5.41) is 116. The predicted octanol–water partition coefficient (Wildman–Crippen LogP) is 7.03. The average Bonchev–Trinajstić information content (AvgIpc) is 1.63. The van der Waals surface area contributed by atoms with Crippen molar-refractivity contribution in [1.82, 2.24) is 75.1 Å². The molecule has 13 rings (SSSR count). The van der Waals surface area contributed by atoms with Crippen LogP contribution >= 0.6 is 0 Å². The minimum atomic E-state index is -1.18. The molecule has 774 valence electrons. The van der Waals surface area contributed by atoms with Crippen LogP contribution in [0.5, 0.6) is 0 Å². The first kappa shape index (κ1) is 123. The van der Waals surface area contributed by atoms with E-state index in [9.17, 15) is 73.8 Å². The van der Waals surface area contributed by atoms with E-state index in [0.717, 1.165) is 77.0 Å². The number of aromatic nitrogens is 12. The van der Waals surface area contributed by atoms with Crippen molar-refractivity contribution >= 4 is 53.5 Å². The summed E-state index contributed by atoms with van der Waals surface area (Å²) in [6, 6.07) is -2.27. The Balaban J connectivity index is 0.000000419. The standard InChI is InChI=1S/C21H34N4O4.C20H32N4O4.C12H19N3O3.C11H18N4O3.C10H18O2.C8H16N2O2.C7H11N3O2.C5H8O.CH4.Li.H2O/c1-14(10-15-8-6-5-7-9-15)19(26)24-13-16(11-17(24)20(27)29-4)25-18(12-22-23-25)21(2,3)28;1-13(9-14-7-5-4-6-8-14)18(25)23-12-15(10-16(23)19(26)27)24-17(11-21-22-24)20(2,3)28;1-12(2,17)10-7-13-14-15(10)9-5-4-8(6-9)11(16)18-3;1-11(2,17)9-6-13-14-15(9)7-4-8(12-5-7)10(16)18-3;1-8(10(11)12)7-9-5-3-2-4-6-9;9-7(12)6(11)8(10)4-2-1-3-5-8;1-12-7(11)5-2-3-6(4-5)9-10-8;1-4-5(2,3)6;;;/h12,14-17,28H,5-11,13H2,1-4H3;11,13-16,28H,4-10,12H2,1-3H3,(H,26,27);7-9,17H,4-6H2,1-3H3;6-8,12,17H,4-5H2,1-3H3;8-9H,2-7H2,1H3,(H,11,12);6,11H,1-5,10H2,(H2,9,12);5-6H,2-4H2,1H3;1,6H,2-3H3;1H4;;1H2/q;;;;;;;;;+1;/p-1/t14-,16+,17+;13-,15+,16+;8-,9+;7-,8-;8-;;5-,6+;;;;/m11001.0..../s1. The number of likely N-dealkylation sites (tertiary alicyclic amines) is 2. The molecule has 42 nitrogen and oxygen atoms in total. The first-order chi connectivity index (χ1) is 63.4. The van der Waals surface area contributed by atoms with E-state index < -0.39 is 75.5 Å². The Kier molecular flexibility index (Phi) is 50.9. The molecule has 0 radical (unpaired) electrons. The molecule has 9 aliphatic rings. The van der Waals surface area contributed by atoms with E-state index in [1.54, 1.807) is 105 Å². The fraction of sp³-hybridized carbons (Fsp3) is 0.800. The molecule has 3 saturated heterocycles. The van der Waals surface area contributed by atoms with Gasteiger partial charge in [-0.3, -0.25) is 33.6 Å². The molecule has 14 N–H and O–H groups in total. The Bertz CT molecular complexity index is 4410. The van der Waals surface area contributed by atoms with Gasteiger partial charge in [-0.15, -0.1) is 26.8 Å². The van der Waals surface area contributed by atoms with Crippen LogP contribution in [0.4, 0.5) is 0 Å². The molecular weight excluding hydrogens is 1780 g/mol. The van der Waals surface area contributed by atoms with Crippen LogP contribution in [0.1, 0.15) is 350 Å². The molecule has 6 saturated carbocycles. The van der Waals surface area contributed by atoms with Gasteiger partial charge in [-0.1, -0.05) is 176 Å². The number of aliphatic hydroxyl groups excluding tert-OH is 1. The molecule has 4 aromatic heterocycles. The van der Waals surface area contributed by atoms with Crippen molar-refractivity contribution in [3.8, 4) is 12.3 Å². The van der Waals surface area contributed by atoms with Crippen LogP contribution in [0, 0.1) is 59.7 Å². The molecule has 4 aromatic rings. The van der Waals surface area contributed by atoms with Crippen molar-refractivity contribution < 1.29 is 127 Å². The van der Waals surface area contributed by atoms with Gasteiger partial charge in [0.25, 0.3) is 0 Å². The Labute approximate surface area is 824 Å². The van der Waals surface area contributed by atoms with Crippen molar-refractivity contribution in [3.63, 3.8) is 0 Å². The molecule has 6 aliphatic carbocycles. The summed E-state index contributed by atoms with van der Waals surface area (Å²) < 4.78 is 25.7. The molecule has 3 amide bonds. The number of hydrogen-bond acceptors (Lipinski definition) is 31. The third-order valence-corrected chi connectivity index (χ3v) is 27.2. The van der Waals surface area contributed by atoms with Crippen molar-refractivity contribution in [2.75, 3.05) is 48.1 Å². The number of amides is 3. The van der Waals surface area contributed by atoms with Crippen molar-refractivity contribution in [2.45, 2.75) is 391 Å². The number of azide groups is 1. The predicted molar refractivity (Wildman–Crippen MR) is 505 cm³/mol. The molecule has 14 atom stereocenters. The van der Waals surface area contributed by atoms with E-state index >= 15 is 0 Å². The van der Waals surface area contributed by atoms with Gasteiger partial charge in [0.2, 0.25) is 17.7 Å². The zero-order valence-electron chi connectivity index (χ0n) is 84.0. The van der Waals surface area contributed by atoms with E-state index in [1.807, 2.05) is 20.8 Å². The molecule has 7 heterocycles. The second-order valence-electron chi connectivity index (χ2n) is 40.7. The third-order valence-electron chi connectivity index (χ3n) is 27.2. The van der Waals surface area contributed by atoms with Gasteiger partial charge in [0.05, 0.1) is 123 Å². The fourth-order valence-corrected chi connectivity index (χ4v) is 19.6. The molecular formula is C95H161LiN20O22. The number of nitrogens with one attached hydrogen (secondary N) is 1. The Morgan fingerprint density at radius 2 is 0.848 bits per heavy atom. The summed E-state index contributed by atoms with van der Waals surface area (Å²) in [5.74, 6) is -0.0710. The van der Waals surface area contributed by atoms with E-state index in [-0.39, 0.29) is 140 Å². The summed E-state index contributed by atoms with van der Waals surface area (Å²) in [7, 11) is 5.51. The van der Waals surface area contributed by atoms with Crippen LogP contribution in [-0.4, -0.2) is 259 Å². The number of nitrogens with two attached hydrogens (primary N) is 2. The summed E-state index contributed by atoms with van der Waals surface area (Å²) >= 11 is 0. The quantitative estimate of drug-likeness (QED) is 0.00603. The molecule has 138 heavy (non-hydrogen) atoms. The maximum absolute atomic E-state index is 13.3. The van der Waals surface area contributed by atoms with Crippen LogP contribution < -0.4 is 35.6 Å². The normalized spacial score (nSPS) is 23.5. The minimum absolute atomic E-state index is 0. The fourth-order valence-electron chi connectivity index (χ4n) is 19.6. The molecule has 0 bridgehead atoms. The van der Waals surface area contributed by atoms with E-state index in [4.69, 9.17) is 47.8 Å². The smallest absolute Gasteiger partial charge is 0.870 e. The van der Waals surface area contributed by atoms with Crippen LogP contribution in [0.3, 0.4) is 0 Å². The Morgan fingerprint density at radius 3 is 1.20 bits per heavy atom. The van der Waals surface area contributed by atoms with Gasteiger partial charge >= 0.3 is 54.7 Å². The largest absolute Gasteiger partial charge is 1.00 e. The number of nitrogens with zero attached hydrogens (tertiary/aromatic N) is 17. The Hall–Kier alpha value is -9.10. The first-order valence-electron chi connectivity index (χ1n) is 48.0. The maximum atomic E-state index is 13.3. The second-order valence-corrected chi connectivity index (χ2v) is 40.7. The second kappa shape index (κ2) is 57.1. The van der Waals surface area contributed by atoms with E-state index in [2.05, 4.69) is 67.2 Å². The number of primary amides is 1. The molecule has 3 aliphatic heterocycles. The summed E-state index contributed by atoms with van der Waals surface area (Å²) in [5.41, 5.74) is 15.5. The van der Waals surface area contributed by atoms with Gasteiger partial charge in [0.15, 0.2) is 0 Å². The molecule has 0 aromatic carbocycles.